The van der Waals surface area contributed by atoms with Crippen LogP contribution in [0.4, 0.5) is 0 Å². The van der Waals surface area contributed by atoms with Gasteiger partial charge in [0.25, 0.3) is 0 Å². The summed E-state index contributed by atoms with van der Waals surface area (Å²) in [4.78, 5) is 0. The number of nitrogens with one attached hydrogen (secondary N) is 3. The van der Waals surface area contributed by atoms with Crippen LogP contribution in [0.1, 0.15) is 57.8 Å². The van der Waals surface area contributed by atoms with Gasteiger partial charge in [0, 0.05) is 24.2 Å². The van der Waals surface area contributed by atoms with Crippen molar-refractivity contribution in [1.82, 2.24) is 16.0 Å². The normalized spacial score (nSPS) is 42.7. The van der Waals surface area contributed by atoms with Crippen molar-refractivity contribution in [3.05, 3.63) is 0 Å². The lowest BCUT2D eigenvalue weighted by Gasteiger charge is -2.42. The molecule has 0 aromatic rings. The highest BCUT2D eigenvalue weighted by Gasteiger charge is 2.32. The fraction of sp³-hybridized carbons (Fsp3) is 1.00. The van der Waals surface area contributed by atoms with Gasteiger partial charge in [0.2, 0.25) is 0 Å². The zero-order valence-electron chi connectivity index (χ0n) is 11.6. The molecule has 18 heavy (non-hydrogen) atoms. The van der Waals surface area contributed by atoms with Gasteiger partial charge in [-0.3, -0.25) is 0 Å². The van der Waals surface area contributed by atoms with E-state index >= 15 is 0 Å². The zero-order chi connectivity index (χ0) is 12.2. The lowest BCUT2D eigenvalue weighted by Crippen LogP contribution is -2.60. The smallest absolute Gasteiger partial charge is 0.0224 e. The Kier molecular flexibility index (Phi) is 4.55. The minimum absolute atomic E-state index is 0.729. The molecule has 0 saturated carbocycles. The SMILES string of the molecule is C1CCC(C2CCCC(C3CCCCN3)N2)NC1. The van der Waals surface area contributed by atoms with Crippen LogP contribution in [0.3, 0.4) is 0 Å². The summed E-state index contributed by atoms with van der Waals surface area (Å²) in [5, 5.41) is 11.4. The van der Waals surface area contributed by atoms with E-state index in [4.69, 9.17) is 0 Å². The summed E-state index contributed by atoms with van der Waals surface area (Å²) >= 11 is 0. The monoisotopic (exact) mass is 251 g/mol. The molecule has 4 unspecified atom stereocenters. The average Bonchev–Trinajstić information content (AvgIpc) is 2.49. The van der Waals surface area contributed by atoms with Gasteiger partial charge in [-0.15, -0.1) is 0 Å². The highest BCUT2D eigenvalue weighted by molar-refractivity contribution is 4.95. The molecule has 3 heterocycles. The summed E-state index contributed by atoms with van der Waals surface area (Å²) in [6, 6.07) is 2.94. The van der Waals surface area contributed by atoms with Crippen molar-refractivity contribution < 1.29 is 0 Å². The molecule has 3 fully saturated rings. The molecule has 0 bridgehead atoms. The molecule has 3 N–H and O–H groups in total. The molecule has 3 aliphatic rings. The first-order chi connectivity index (χ1) is 8.93. The molecule has 3 heteroatoms. The van der Waals surface area contributed by atoms with E-state index in [9.17, 15) is 0 Å². The highest BCUT2D eigenvalue weighted by atomic mass is 15.1. The van der Waals surface area contributed by atoms with E-state index < -0.39 is 0 Å². The minimum atomic E-state index is 0.729. The third-order valence-corrected chi connectivity index (χ3v) is 5.13. The van der Waals surface area contributed by atoms with Crippen LogP contribution in [0.5, 0.6) is 0 Å². The third-order valence-electron chi connectivity index (χ3n) is 5.13. The van der Waals surface area contributed by atoms with Crippen molar-refractivity contribution in [3.63, 3.8) is 0 Å². The molecule has 3 aliphatic heterocycles. The van der Waals surface area contributed by atoms with Crippen LogP contribution in [0, 0.1) is 0 Å². The van der Waals surface area contributed by atoms with Crippen LogP contribution >= 0.6 is 0 Å². The number of hydrogen-bond acceptors (Lipinski definition) is 3. The van der Waals surface area contributed by atoms with Crippen molar-refractivity contribution in [2.75, 3.05) is 13.1 Å². The molecule has 104 valence electrons. The Labute approximate surface area is 111 Å². The predicted molar refractivity (Wildman–Crippen MR) is 75.8 cm³/mol. The van der Waals surface area contributed by atoms with Gasteiger partial charge in [-0.2, -0.15) is 0 Å². The minimum Gasteiger partial charge on any atom is -0.312 e. The Morgan fingerprint density at radius 3 is 1.44 bits per heavy atom. The first-order valence-corrected chi connectivity index (χ1v) is 8.16. The lowest BCUT2D eigenvalue weighted by molar-refractivity contribution is 0.195. The number of rotatable bonds is 2. The van der Waals surface area contributed by atoms with Crippen LogP contribution in [-0.4, -0.2) is 37.3 Å². The van der Waals surface area contributed by atoms with Gasteiger partial charge in [0.1, 0.15) is 0 Å². The van der Waals surface area contributed by atoms with Gasteiger partial charge >= 0.3 is 0 Å². The van der Waals surface area contributed by atoms with Gasteiger partial charge in [0.15, 0.2) is 0 Å². The van der Waals surface area contributed by atoms with E-state index in [0.717, 1.165) is 24.2 Å². The standard InChI is InChI=1S/C15H29N3/c1-3-10-16-12(6-1)14-8-5-9-15(18-14)13-7-2-4-11-17-13/h12-18H,1-11H2. The maximum atomic E-state index is 3.97. The molecule has 0 amide bonds. The second-order valence-electron chi connectivity index (χ2n) is 6.42. The fourth-order valence-corrected chi connectivity index (χ4v) is 4.08. The Hall–Kier alpha value is -0.120. The summed E-state index contributed by atoms with van der Waals surface area (Å²) < 4.78 is 0. The summed E-state index contributed by atoms with van der Waals surface area (Å²) in [5.74, 6) is 0. The van der Waals surface area contributed by atoms with Crippen LogP contribution in [0.25, 0.3) is 0 Å². The summed E-state index contributed by atoms with van der Waals surface area (Å²) in [6.45, 7) is 2.46. The van der Waals surface area contributed by atoms with Gasteiger partial charge in [0.05, 0.1) is 0 Å². The zero-order valence-corrected chi connectivity index (χ0v) is 11.6. The van der Waals surface area contributed by atoms with Crippen molar-refractivity contribution >= 4 is 0 Å². The van der Waals surface area contributed by atoms with E-state index in [1.807, 2.05) is 0 Å². The van der Waals surface area contributed by atoms with Gasteiger partial charge in [-0.1, -0.05) is 19.3 Å². The fourth-order valence-electron chi connectivity index (χ4n) is 4.08. The molecule has 0 aromatic carbocycles. The Morgan fingerprint density at radius 2 is 1.00 bits per heavy atom. The average molecular weight is 251 g/mol. The number of hydrogen-bond donors (Lipinski definition) is 3. The lowest BCUT2D eigenvalue weighted by atomic mass is 9.85. The van der Waals surface area contributed by atoms with E-state index in [2.05, 4.69) is 16.0 Å². The molecule has 0 aliphatic carbocycles. The largest absolute Gasteiger partial charge is 0.312 e. The summed E-state index contributed by atoms with van der Waals surface area (Å²) in [7, 11) is 0. The second-order valence-corrected chi connectivity index (χ2v) is 6.42. The van der Waals surface area contributed by atoms with Crippen molar-refractivity contribution in [3.8, 4) is 0 Å². The van der Waals surface area contributed by atoms with Crippen molar-refractivity contribution in [2.45, 2.75) is 82.0 Å². The maximum absolute atomic E-state index is 3.97. The molecule has 0 radical (unpaired) electrons. The Bertz CT molecular complexity index is 220. The van der Waals surface area contributed by atoms with Crippen molar-refractivity contribution in [2.24, 2.45) is 0 Å². The second kappa shape index (κ2) is 6.36. The Balaban J connectivity index is 1.53. The molecule has 3 rings (SSSR count). The first kappa shape index (κ1) is 12.9. The molecule has 0 aromatic heterocycles. The summed E-state index contributed by atoms with van der Waals surface area (Å²) in [6.07, 6.45) is 12.5. The first-order valence-electron chi connectivity index (χ1n) is 8.16. The topological polar surface area (TPSA) is 36.1 Å². The van der Waals surface area contributed by atoms with E-state index in [1.54, 1.807) is 0 Å². The van der Waals surface area contributed by atoms with E-state index in [0.29, 0.717) is 0 Å². The van der Waals surface area contributed by atoms with Gasteiger partial charge in [-0.05, 0) is 51.6 Å². The van der Waals surface area contributed by atoms with Crippen LogP contribution in [-0.2, 0) is 0 Å². The maximum Gasteiger partial charge on any atom is 0.0224 e. The Morgan fingerprint density at radius 1 is 0.500 bits per heavy atom. The number of piperidine rings is 3. The van der Waals surface area contributed by atoms with Crippen molar-refractivity contribution in [1.29, 1.82) is 0 Å². The molecular weight excluding hydrogens is 222 g/mol. The van der Waals surface area contributed by atoms with Crippen LogP contribution in [0.2, 0.25) is 0 Å². The van der Waals surface area contributed by atoms with Crippen LogP contribution in [0.15, 0.2) is 0 Å². The molecule has 3 saturated heterocycles. The van der Waals surface area contributed by atoms with E-state index in [1.165, 1.54) is 70.9 Å². The predicted octanol–water partition coefficient (Wildman–Crippen LogP) is 1.78. The molecule has 4 atom stereocenters. The third kappa shape index (κ3) is 3.06. The molecule has 0 spiro atoms. The van der Waals surface area contributed by atoms with Gasteiger partial charge in [-0.25, -0.2) is 0 Å². The summed E-state index contributed by atoms with van der Waals surface area (Å²) in [5.41, 5.74) is 0. The molecule has 3 nitrogen and oxygen atoms in total. The van der Waals surface area contributed by atoms with Crippen LogP contribution < -0.4 is 16.0 Å². The van der Waals surface area contributed by atoms with E-state index in [-0.39, 0.29) is 0 Å². The van der Waals surface area contributed by atoms with Gasteiger partial charge < -0.3 is 16.0 Å². The highest BCUT2D eigenvalue weighted by Crippen LogP contribution is 2.23. The molecular formula is C15H29N3. The quantitative estimate of drug-likeness (QED) is 0.700.